The minimum atomic E-state index is -0.374. The number of carbonyl (C=O) groups excluding carboxylic acids is 1. The second kappa shape index (κ2) is 11.3. The average molecular weight is 444 g/mol. The Labute approximate surface area is 182 Å². The highest BCUT2D eigenvalue weighted by Crippen LogP contribution is 2.21. The second-order valence-corrected chi connectivity index (χ2v) is 7.61. The summed E-state index contributed by atoms with van der Waals surface area (Å²) in [5, 5.41) is 3.17. The van der Waals surface area contributed by atoms with E-state index in [2.05, 4.69) is 20.3 Å². The highest BCUT2D eigenvalue weighted by atomic mass is 32.2. The molecular formula is C21H22FN5O3S. The summed E-state index contributed by atoms with van der Waals surface area (Å²) in [6, 6.07) is 6.10. The zero-order chi connectivity index (χ0) is 22.1. The van der Waals surface area contributed by atoms with Gasteiger partial charge in [-0.15, -0.1) is 0 Å². The molecule has 1 N–H and O–H groups in total. The van der Waals surface area contributed by atoms with Gasteiger partial charge in [-0.1, -0.05) is 23.9 Å². The maximum absolute atomic E-state index is 13.1. The molecule has 8 nitrogen and oxygen atoms in total. The zero-order valence-electron chi connectivity index (χ0n) is 17.0. The van der Waals surface area contributed by atoms with E-state index in [1.54, 1.807) is 42.4 Å². The van der Waals surface area contributed by atoms with Crippen molar-refractivity contribution in [2.45, 2.75) is 23.9 Å². The van der Waals surface area contributed by atoms with E-state index in [1.165, 1.54) is 30.2 Å². The SMILES string of the molecule is COCCNC(=O)Cn1cc(Cc2cncnc2)c(=O)nc1SCc1ccc(F)cc1. The van der Waals surface area contributed by atoms with E-state index in [0.717, 1.165) is 11.1 Å². The van der Waals surface area contributed by atoms with Crippen LogP contribution in [0.3, 0.4) is 0 Å². The first-order chi connectivity index (χ1) is 15.0. The molecule has 0 aliphatic carbocycles. The molecule has 0 radical (unpaired) electrons. The van der Waals surface area contributed by atoms with Gasteiger partial charge in [0.1, 0.15) is 18.7 Å². The molecule has 0 saturated heterocycles. The number of thioether (sulfide) groups is 1. The Bertz CT molecular complexity index is 1060. The van der Waals surface area contributed by atoms with Crippen molar-refractivity contribution in [1.29, 1.82) is 0 Å². The Morgan fingerprint density at radius 1 is 1.19 bits per heavy atom. The molecule has 1 amide bonds. The van der Waals surface area contributed by atoms with Crippen molar-refractivity contribution in [3.05, 3.63) is 82.0 Å². The average Bonchev–Trinajstić information content (AvgIpc) is 2.77. The predicted octanol–water partition coefficient (Wildman–Crippen LogP) is 1.82. The number of hydrogen-bond donors (Lipinski definition) is 1. The summed E-state index contributed by atoms with van der Waals surface area (Å²) in [7, 11) is 1.56. The number of nitrogens with one attached hydrogen (secondary N) is 1. The lowest BCUT2D eigenvalue weighted by molar-refractivity contribution is -0.122. The van der Waals surface area contributed by atoms with E-state index in [9.17, 15) is 14.0 Å². The van der Waals surface area contributed by atoms with Crippen LogP contribution in [0.2, 0.25) is 0 Å². The van der Waals surface area contributed by atoms with Crippen LogP contribution >= 0.6 is 11.8 Å². The van der Waals surface area contributed by atoms with E-state index in [1.807, 2.05) is 0 Å². The van der Waals surface area contributed by atoms with Crippen LogP contribution in [0.15, 0.2) is 59.1 Å². The zero-order valence-corrected chi connectivity index (χ0v) is 17.8. The minimum Gasteiger partial charge on any atom is -0.383 e. The molecule has 0 aliphatic heterocycles. The second-order valence-electron chi connectivity index (χ2n) is 6.66. The molecule has 2 heterocycles. The van der Waals surface area contributed by atoms with E-state index >= 15 is 0 Å². The summed E-state index contributed by atoms with van der Waals surface area (Å²) < 4.78 is 19.7. The third kappa shape index (κ3) is 6.97. The number of aromatic nitrogens is 4. The van der Waals surface area contributed by atoms with Gasteiger partial charge in [-0.05, 0) is 23.3 Å². The summed E-state index contributed by atoms with van der Waals surface area (Å²) in [6.45, 7) is 0.788. The van der Waals surface area contributed by atoms with E-state index in [4.69, 9.17) is 4.74 Å². The Hall–Kier alpha value is -3.11. The maximum atomic E-state index is 13.1. The van der Waals surface area contributed by atoms with Crippen LogP contribution < -0.4 is 10.9 Å². The summed E-state index contributed by atoms with van der Waals surface area (Å²) in [5.41, 5.74) is 1.71. The summed E-state index contributed by atoms with van der Waals surface area (Å²) in [4.78, 5) is 37.1. The van der Waals surface area contributed by atoms with Gasteiger partial charge in [0.15, 0.2) is 5.16 Å². The highest BCUT2D eigenvalue weighted by Gasteiger charge is 2.13. The first kappa shape index (κ1) is 22.6. The molecule has 10 heteroatoms. The van der Waals surface area contributed by atoms with Gasteiger partial charge < -0.3 is 14.6 Å². The van der Waals surface area contributed by atoms with Gasteiger partial charge in [0.25, 0.3) is 5.56 Å². The molecular weight excluding hydrogens is 421 g/mol. The fraction of sp³-hybridized carbons (Fsp3) is 0.286. The third-order valence-corrected chi connectivity index (χ3v) is 5.32. The molecule has 0 spiro atoms. The van der Waals surface area contributed by atoms with E-state index < -0.39 is 0 Å². The summed E-state index contributed by atoms with van der Waals surface area (Å²) in [5.74, 6) is -0.0601. The van der Waals surface area contributed by atoms with E-state index in [0.29, 0.717) is 36.0 Å². The molecule has 0 saturated carbocycles. The first-order valence-electron chi connectivity index (χ1n) is 9.52. The first-order valence-corrected chi connectivity index (χ1v) is 10.5. The number of ether oxygens (including phenoxy) is 1. The van der Waals surface area contributed by atoms with Crippen LogP contribution in [0.1, 0.15) is 16.7 Å². The third-order valence-electron chi connectivity index (χ3n) is 4.26. The van der Waals surface area contributed by atoms with Crippen LogP contribution in [0.25, 0.3) is 0 Å². The monoisotopic (exact) mass is 443 g/mol. The number of rotatable bonds is 10. The number of amides is 1. The molecule has 1 aromatic carbocycles. The number of methoxy groups -OCH3 is 1. The largest absolute Gasteiger partial charge is 0.383 e. The van der Waals surface area contributed by atoms with Gasteiger partial charge in [0.05, 0.1) is 6.61 Å². The predicted molar refractivity (Wildman–Crippen MR) is 114 cm³/mol. The fourth-order valence-corrected chi connectivity index (χ4v) is 3.66. The fourth-order valence-electron chi connectivity index (χ4n) is 2.74. The van der Waals surface area contributed by atoms with Crippen LogP contribution in [0.5, 0.6) is 0 Å². The van der Waals surface area contributed by atoms with Crippen molar-refractivity contribution in [1.82, 2.24) is 24.8 Å². The molecule has 0 bridgehead atoms. The molecule has 0 unspecified atom stereocenters. The molecule has 2 aromatic heterocycles. The van der Waals surface area contributed by atoms with Crippen LogP contribution in [0.4, 0.5) is 4.39 Å². The van der Waals surface area contributed by atoms with Gasteiger partial charge in [0, 0.05) is 50.0 Å². The van der Waals surface area contributed by atoms with Crippen LogP contribution in [-0.4, -0.2) is 45.7 Å². The minimum absolute atomic E-state index is 0.00103. The number of carbonyl (C=O) groups is 1. The Kier molecular flexibility index (Phi) is 8.25. The standard InChI is InChI=1S/C21H22FN5O3S/c1-30-7-6-25-19(28)12-27-11-17(8-16-9-23-14-24-10-16)20(29)26-21(27)31-13-15-2-4-18(22)5-3-15/h2-5,9-11,14H,6-8,12-13H2,1H3,(H,25,28). The molecule has 0 aliphatic rings. The van der Waals surface area contributed by atoms with Gasteiger partial charge in [-0.3, -0.25) is 9.59 Å². The van der Waals surface area contributed by atoms with Crippen molar-refractivity contribution in [2.75, 3.05) is 20.3 Å². The smallest absolute Gasteiger partial charge is 0.277 e. The molecule has 31 heavy (non-hydrogen) atoms. The molecule has 0 atom stereocenters. The number of benzene rings is 1. The molecule has 0 fully saturated rings. The van der Waals surface area contributed by atoms with Gasteiger partial charge in [0.2, 0.25) is 5.91 Å². The van der Waals surface area contributed by atoms with Gasteiger partial charge >= 0.3 is 0 Å². The van der Waals surface area contributed by atoms with Crippen LogP contribution in [-0.2, 0) is 28.2 Å². The Balaban J connectivity index is 1.82. The van der Waals surface area contributed by atoms with Crippen molar-refractivity contribution in [3.8, 4) is 0 Å². The quantitative estimate of drug-likeness (QED) is 0.290. The molecule has 3 rings (SSSR count). The number of halogens is 1. The van der Waals surface area contributed by atoms with Gasteiger partial charge in [-0.25, -0.2) is 14.4 Å². The van der Waals surface area contributed by atoms with Crippen molar-refractivity contribution >= 4 is 17.7 Å². The van der Waals surface area contributed by atoms with Crippen molar-refractivity contribution in [3.63, 3.8) is 0 Å². The van der Waals surface area contributed by atoms with Gasteiger partial charge in [-0.2, -0.15) is 4.98 Å². The van der Waals surface area contributed by atoms with Crippen molar-refractivity contribution in [2.24, 2.45) is 0 Å². The lowest BCUT2D eigenvalue weighted by Crippen LogP contribution is -2.32. The van der Waals surface area contributed by atoms with E-state index in [-0.39, 0.29) is 23.8 Å². The lowest BCUT2D eigenvalue weighted by atomic mass is 10.1. The number of hydrogen-bond acceptors (Lipinski definition) is 7. The molecule has 162 valence electrons. The molecule has 3 aromatic rings. The summed E-state index contributed by atoms with van der Waals surface area (Å²) >= 11 is 1.31. The normalized spacial score (nSPS) is 10.8. The van der Waals surface area contributed by atoms with Crippen LogP contribution in [0, 0.1) is 5.82 Å². The lowest BCUT2D eigenvalue weighted by Gasteiger charge is -2.14. The Morgan fingerprint density at radius 2 is 1.94 bits per heavy atom. The summed E-state index contributed by atoms with van der Waals surface area (Å²) in [6.07, 6.45) is 6.63. The topological polar surface area (TPSA) is 99.0 Å². The maximum Gasteiger partial charge on any atom is 0.277 e. The number of nitrogens with zero attached hydrogens (tertiary/aromatic N) is 4. The van der Waals surface area contributed by atoms with Crippen molar-refractivity contribution < 1.29 is 13.9 Å². The highest BCUT2D eigenvalue weighted by molar-refractivity contribution is 7.98. The Morgan fingerprint density at radius 3 is 2.65 bits per heavy atom.